The lowest BCUT2D eigenvalue weighted by Gasteiger charge is -2.22. The zero-order valence-electron chi connectivity index (χ0n) is 22.4. The SMILES string of the molecule is CCCCCCOC(=O)CNc1cccc(CN(Cc2ccc(-c3nccs3)cc2)S(=O)(=O)c2ccccn2)n1. The van der Waals surface area contributed by atoms with Crippen LogP contribution in [0, 0.1) is 0 Å². The summed E-state index contributed by atoms with van der Waals surface area (Å²) < 4.78 is 33.8. The van der Waals surface area contributed by atoms with Crippen molar-refractivity contribution in [2.45, 2.75) is 50.7 Å². The highest BCUT2D eigenvalue weighted by Gasteiger charge is 2.26. The van der Waals surface area contributed by atoms with E-state index in [1.54, 1.807) is 47.9 Å². The number of ether oxygens (including phenoxy) is 1. The van der Waals surface area contributed by atoms with Crippen LogP contribution >= 0.6 is 11.3 Å². The summed E-state index contributed by atoms with van der Waals surface area (Å²) in [5.41, 5.74) is 2.31. The number of nitrogens with zero attached hydrogens (tertiary/aromatic N) is 4. The molecule has 0 saturated carbocycles. The quantitative estimate of drug-likeness (QED) is 0.145. The lowest BCUT2D eigenvalue weighted by Crippen LogP contribution is -2.31. The van der Waals surface area contributed by atoms with E-state index in [1.807, 2.05) is 29.6 Å². The molecular formula is C29H33N5O4S2. The van der Waals surface area contributed by atoms with Crippen LogP contribution in [-0.4, -0.2) is 46.8 Å². The average molecular weight is 580 g/mol. The molecule has 1 N–H and O–H groups in total. The van der Waals surface area contributed by atoms with Crippen molar-refractivity contribution in [3.63, 3.8) is 0 Å². The molecule has 4 aromatic rings. The van der Waals surface area contributed by atoms with Crippen molar-refractivity contribution in [3.05, 3.63) is 89.7 Å². The molecule has 11 heteroatoms. The minimum atomic E-state index is -3.93. The number of carbonyl (C=O) groups is 1. The monoisotopic (exact) mass is 579 g/mol. The van der Waals surface area contributed by atoms with Crippen molar-refractivity contribution in [1.29, 1.82) is 0 Å². The number of benzene rings is 1. The van der Waals surface area contributed by atoms with Gasteiger partial charge in [-0.3, -0.25) is 4.79 Å². The van der Waals surface area contributed by atoms with Gasteiger partial charge in [0.2, 0.25) is 0 Å². The summed E-state index contributed by atoms with van der Waals surface area (Å²) >= 11 is 1.54. The van der Waals surface area contributed by atoms with E-state index in [4.69, 9.17) is 4.74 Å². The summed E-state index contributed by atoms with van der Waals surface area (Å²) in [6.07, 6.45) is 7.34. The molecule has 3 heterocycles. The first-order valence-corrected chi connectivity index (χ1v) is 15.5. The molecule has 0 saturated heterocycles. The first-order valence-electron chi connectivity index (χ1n) is 13.2. The molecule has 0 amide bonds. The fourth-order valence-corrected chi connectivity index (χ4v) is 5.93. The second-order valence-electron chi connectivity index (χ2n) is 9.12. The third kappa shape index (κ3) is 8.41. The summed E-state index contributed by atoms with van der Waals surface area (Å²) in [6, 6.07) is 17.7. The van der Waals surface area contributed by atoms with Crippen molar-refractivity contribution in [2.24, 2.45) is 0 Å². The number of aromatic nitrogens is 3. The predicted octanol–water partition coefficient (Wildman–Crippen LogP) is 5.53. The van der Waals surface area contributed by atoms with Crippen molar-refractivity contribution in [3.8, 4) is 10.6 Å². The van der Waals surface area contributed by atoms with Crippen LogP contribution in [0.15, 0.2) is 83.5 Å². The topological polar surface area (TPSA) is 114 Å². The van der Waals surface area contributed by atoms with Crippen molar-refractivity contribution < 1.29 is 17.9 Å². The molecule has 4 rings (SSSR count). The molecule has 0 fully saturated rings. The van der Waals surface area contributed by atoms with E-state index >= 15 is 0 Å². The molecular weight excluding hydrogens is 546 g/mol. The van der Waals surface area contributed by atoms with Crippen molar-refractivity contribution >= 4 is 33.1 Å². The van der Waals surface area contributed by atoms with E-state index in [0.29, 0.717) is 18.1 Å². The van der Waals surface area contributed by atoms with Crippen LogP contribution in [0.3, 0.4) is 0 Å². The summed E-state index contributed by atoms with van der Waals surface area (Å²) in [5, 5.41) is 5.76. The van der Waals surface area contributed by atoms with Crippen LogP contribution in [0.4, 0.5) is 5.82 Å². The number of rotatable bonds is 15. The Morgan fingerprint density at radius 1 is 0.950 bits per heavy atom. The van der Waals surface area contributed by atoms with Crippen LogP contribution in [0.2, 0.25) is 0 Å². The number of pyridine rings is 2. The Morgan fingerprint density at radius 2 is 1.80 bits per heavy atom. The molecule has 1 aromatic carbocycles. The third-order valence-electron chi connectivity index (χ3n) is 6.05. The molecule has 0 spiro atoms. The van der Waals surface area contributed by atoms with Gasteiger partial charge in [0.1, 0.15) is 17.4 Å². The molecule has 210 valence electrons. The molecule has 3 aromatic heterocycles. The maximum absolute atomic E-state index is 13.6. The molecule has 0 aliphatic carbocycles. The van der Waals surface area contributed by atoms with Gasteiger partial charge in [-0.25, -0.2) is 23.4 Å². The van der Waals surface area contributed by atoms with Crippen LogP contribution in [0.25, 0.3) is 10.6 Å². The van der Waals surface area contributed by atoms with Gasteiger partial charge in [-0.2, -0.15) is 4.31 Å². The Morgan fingerprint density at radius 3 is 2.52 bits per heavy atom. The highest BCUT2D eigenvalue weighted by atomic mass is 32.2. The number of unbranched alkanes of at least 4 members (excludes halogenated alkanes) is 3. The Bertz CT molecular complexity index is 1450. The lowest BCUT2D eigenvalue weighted by atomic mass is 10.1. The maximum atomic E-state index is 13.6. The Kier molecular flexibility index (Phi) is 10.7. The van der Waals surface area contributed by atoms with Gasteiger partial charge in [0.25, 0.3) is 10.0 Å². The minimum absolute atomic E-state index is 0.0184. The third-order valence-corrected chi connectivity index (χ3v) is 8.58. The Labute approximate surface area is 239 Å². The first kappa shape index (κ1) is 29.3. The molecule has 0 bridgehead atoms. The van der Waals surface area contributed by atoms with Gasteiger partial charge in [0, 0.05) is 29.9 Å². The first-order chi connectivity index (χ1) is 19.5. The number of sulfonamides is 1. The smallest absolute Gasteiger partial charge is 0.325 e. The number of thiazole rings is 1. The number of esters is 1. The van der Waals surface area contributed by atoms with E-state index in [1.165, 1.54) is 16.6 Å². The molecule has 0 aliphatic rings. The summed E-state index contributed by atoms with van der Waals surface area (Å²) in [7, 11) is -3.93. The van der Waals surface area contributed by atoms with E-state index in [0.717, 1.165) is 41.8 Å². The molecule has 0 unspecified atom stereocenters. The zero-order valence-corrected chi connectivity index (χ0v) is 24.0. The van der Waals surface area contributed by atoms with Gasteiger partial charge in [-0.05, 0) is 36.2 Å². The summed E-state index contributed by atoms with van der Waals surface area (Å²) in [5.74, 6) is 0.104. The van der Waals surface area contributed by atoms with Crippen molar-refractivity contribution in [1.82, 2.24) is 19.3 Å². The second-order valence-corrected chi connectivity index (χ2v) is 11.9. The van der Waals surface area contributed by atoms with Gasteiger partial charge in [-0.15, -0.1) is 11.3 Å². The van der Waals surface area contributed by atoms with E-state index in [9.17, 15) is 13.2 Å². The minimum Gasteiger partial charge on any atom is -0.464 e. The standard InChI is InChI=1S/C29H33N5O4S2/c1-2-3-4-7-18-38-28(35)20-32-26-10-8-9-25(33-26)22-34(40(36,37)27-11-5-6-16-30-27)21-23-12-14-24(15-13-23)29-31-17-19-39-29/h5-6,8-17,19H,2-4,7,18,20-22H2,1H3,(H,32,33). The van der Waals surface area contributed by atoms with Gasteiger partial charge in [-0.1, -0.05) is 62.6 Å². The summed E-state index contributed by atoms with van der Waals surface area (Å²) in [6.45, 7) is 2.65. The number of hydrogen-bond acceptors (Lipinski definition) is 9. The predicted molar refractivity (Wildman–Crippen MR) is 156 cm³/mol. The van der Waals surface area contributed by atoms with Crippen LogP contribution in [0.1, 0.15) is 43.9 Å². The molecule has 0 aliphatic heterocycles. The molecule has 0 radical (unpaired) electrons. The highest BCUT2D eigenvalue weighted by Crippen LogP contribution is 2.24. The van der Waals surface area contributed by atoms with E-state index in [2.05, 4.69) is 27.2 Å². The highest BCUT2D eigenvalue weighted by molar-refractivity contribution is 7.89. The molecule has 40 heavy (non-hydrogen) atoms. The Hall–Kier alpha value is -3.67. The van der Waals surface area contributed by atoms with Crippen LogP contribution in [0.5, 0.6) is 0 Å². The molecule has 0 atom stereocenters. The Balaban J connectivity index is 1.46. The normalized spacial score (nSPS) is 11.4. The fraction of sp³-hybridized carbons (Fsp3) is 0.310. The van der Waals surface area contributed by atoms with Crippen LogP contribution in [-0.2, 0) is 32.6 Å². The van der Waals surface area contributed by atoms with E-state index < -0.39 is 10.0 Å². The summed E-state index contributed by atoms with van der Waals surface area (Å²) in [4.78, 5) is 25.1. The average Bonchev–Trinajstić information content (AvgIpc) is 3.52. The van der Waals surface area contributed by atoms with Gasteiger partial charge in [0.15, 0.2) is 5.03 Å². The zero-order chi connectivity index (χ0) is 28.2. The number of carbonyl (C=O) groups excluding carboxylic acids is 1. The maximum Gasteiger partial charge on any atom is 0.325 e. The number of nitrogens with one attached hydrogen (secondary N) is 1. The van der Waals surface area contributed by atoms with Crippen LogP contribution < -0.4 is 5.32 Å². The van der Waals surface area contributed by atoms with E-state index in [-0.39, 0.29) is 30.6 Å². The fourth-order valence-electron chi connectivity index (χ4n) is 3.96. The second kappa shape index (κ2) is 14.6. The lowest BCUT2D eigenvalue weighted by molar-refractivity contribution is -0.141. The van der Waals surface area contributed by atoms with Gasteiger partial charge < -0.3 is 10.1 Å². The van der Waals surface area contributed by atoms with Crippen molar-refractivity contribution in [2.75, 3.05) is 18.5 Å². The largest absolute Gasteiger partial charge is 0.464 e. The van der Waals surface area contributed by atoms with Gasteiger partial charge >= 0.3 is 5.97 Å². The molecule has 9 nitrogen and oxygen atoms in total. The van der Waals surface area contributed by atoms with Gasteiger partial charge in [0.05, 0.1) is 18.8 Å². The number of anilines is 1. The number of hydrogen-bond donors (Lipinski definition) is 1.